The molecule has 0 saturated carbocycles. The van der Waals surface area contributed by atoms with Gasteiger partial charge in [0.15, 0.2) is 0 Å². The number of hydrogen-bond donors (Lipinski definition) is 2. The van der Waals surface area contributed by atoms with Gasteiger partial charge in [0.1, 0.15) is 5.60 Å². The highest BCUT2D eigenvalue weighted by Crippen LogP contribution is 2.15. The van der Waals surface area contributed by atoms with Crippen LogP contribution in [0.15, 0.2) is 24.3 Å². The number of benzene rings is 1. The van der Waals surface area contributed by atoms with Gasteiger partial charge in [-0.15, -0.1) is 0 Å². The molecule has 0 saturated heterocycles. The molecule has 0 heterocycles. The zero-order valence-electron chi connectivity index (χ0n) is 12.7. The van der Waals surface area contributed by atoms with Crippen LogP contribution >= 0.6 is 0 Å². The Morgan fingerprint density at radius 1 is 1.15 bits per heavy atom. The second-order valence-corrected chi connectivity index (χ2v) is 5.48. The molecule has 1 rings (SSSR count). The summed E-state index contributed by atoms with van der Waals surface area (Å²) in [5, 5.41) is 5.97. The molecule has 0 aliphatic heterocycles. The standard InChI is InChI=1S/C15H24N2O3/c1-15(2,3)20-14(18)17-13-8-6-12(7-9-13)16-10-5-11-19-4/h6-9,16H,5,10-11H2,1-4H3,(H,17,18). The minimum atomic E-state index is -0.493. The zero-order chi connectivity index (χ0) is 15.0. The molecule has 20 heavy (non-hydrogen) atoms. The summed E-state index contributed by atoms with van der Waals surface area (Å²) in [5.41, 5.74) is 1.23. The Hall–Kier alpha value is -1.75. The van der Waals surface area contributed by atoms with Crippen LogP contribution in [-0.2, 0) is 9.47 Å². The van der Waals surface area contributed by atoms with Crippen molar-refractivity contribution < 1.29 is 14.3 Å². The number of hydrogen-bond acceptors (Lipinski definition) is 4. The van der Waals surface area contributed by atoms with Crippen molar-refractivity contribution in [2.45, 2.75) is 32.8 Å². The summed E-state index contributed by atoms with van der Waals surface area (Å²) in [6.07, 6.45) is 0.507. The first-order valence-electron chi connectivity index (χ1n) is 6.73. The van der Waals surface area contributed by atoms with Crippen molar-refractivity contribution in [1.82, 2.24) is 0 Å². The van der Waals surface area contributed by atoms with Crippen molar-refractivity contribution in [3.63, 3.8) is 0 Å². The molecule has 2 N–H and O–H groups in total. The molecule has 1 amide bonds. The van der Waals surface area contributed by atoms with E-state index in [0.29, 0.717) is 5.69 Å². The Balaban J connectivity index is 2.40. The number of carbonyl (C=O) groups is 1. The highest BCUT2D eigenvalue weighted by molar-refractivity contribution is 5.85. The average Bonchev–Trinajstić information content (AvgIpc) is 2.34. The molecule has 0 aliphatic rings. The fourth-order valence-corrected chi connectivity index (χ4v) is 1.54. The van der Waals surface area contributed by atoms with Gasteiger partial charge in [-0.05, 0) is 51.5 Å². The summed E-state index contributed by atoms with van der Waals surface area (Å²) in [6.45, 7) is 7.09. The lowest BCUT2D eigenvalue weighted by molar-refractivity contribution is 0.0636. The van der Waals surface area contributed by atoms with E-state index in [4.69, 9.17) is 9.47 Å². The van der Waals surface area contributed by atoms with E-state index in [0.717, 1.165) is 25.3 Å². The van der Waals surface area contributed by atoms with Crippen LogP contribution in [0.3, 0.4) is 0 Å². The molecule has 0 spiro atoms. The first kappa shape index (κ1) is 16.3. The van der Waals surface area contributed by atoms with Crippen molar-refractivity contribution in [2.24, 2.45) is 0 Å². The van der Waals surface area contributed by atoms with Gasteiger partial charge in [0.2, 0.25) is 0 Å². The van der Waals surface area contributed by atoms with E-state index in [1.807, 2.05) is 45.0 Å². The number of nitrogens with one attached hydrogen (secondary N) is 2. The first-order valence-corrected chi connectivity index (χ1v) is 6.73. The molecule has 1 aromatic carbocycles. The first-order chi connectivity index (χ1) is 9.40. The Bertz CT molecular complexity index is 410. The summed E-state index contributed by atoms with van der Waals surface area (Å²) >= 11 is 0. The van der Waals surface area contributed by atoms with Crippen molar-refractivity contribution in [3.8, 4) is 0 Å². The molecular weight excluding hydrogens is 256 g/mol. The molecule has 0 aliphatic carbocycles. The smallest absolute Gasteiger partial charge is 0.412 e. The molecule has 5 heteroatoms. The largest absolute Gasteiger partial charge is 0.444 e. The van der Waals surface area contributed by atoms with Crippen LogP contribution in [0.5, 0.6) is 0 Å². The Morgan fingerprint density at radius 2 is 1.75 bits per heavy atom. The van der Waals surface area contributed by atoms with E-state index >= 15 is 0 Å². The molecule has 112 valence electrons. The maximum absolute atomic E-state index is 11.6. The van der Waals surface area contributed by atoms with Gasteiger partial charge in [-0.1, -0.05) is 0 Å². The molecule has 0 unspecified atom stereocenters. The second kappa shape index (κ2) is 7.75. The van der Waals surface area contributed by atoms with Gasteiger partial charge in [-0.2, -0.15) is 0 Å². The highest BCUT2D eigenvalue weighted by Gasteiger charge is 2.15. The van der Waals surface area contributed by atoms with Gasteiger partial charge < -0.3 is 14.8 Å². The molecule has 5 nitrogen and oxygen atoms in total. The molecule has 0 bridgehead atoms. The number of amides is 1. The fourth-order valence-electron chi connectivity index (χ4n) is 1.54. The van der Waals surface area contributed by atoms with Gasteiger partial charge >= 0.3 is 6.09 Å². The van der Waals surface area contributed by atoms with Crippen LogP contribution in [-0.4, -0.2) is 32.0 Å². The van der Waals surface area contributed by atoms with Gasteiger partial charge in [0.25, 0.3) is 0 Å². The third kappa shape index (κ3) is 6.99. The summed E-state index contributed by atoms with van der Waals surface area (Å²) in [4.78, 5) is 11.6. The van der Waals surface area contributed by atoms with Crippen LogP contribution in [0.1, 0.15) is 27.2 Å². The topological polar surface area (TPSA) is 59.6 Å². The third-order valence-electron chi connectivity index (χ3n) is 2.38. The maximum atomic E-state index is 11.6. The molecule has 1 aromatic rings. The average molecular weight is 280 g/mol. The molecule has 0 radical (unpaired) electrons. The van der Waals surface area contributed by atoms with Crippen molar-refractivity contribution in [1.29, 1.82) is 0 Å². The van der Waals surface area contributed by atoms with Crippen molar-refractivity contribution >= 4 is 17.5 Å². The van der Waals surface area contributed by atoms with E-state index < -0.39 is 11.7 Å². The van der Waals surface area contributed by atoms with Gasteiger partial charge in [-0.3, -0.25) is 5.32 Å². The lowest BCUT2D eigenvalue weighted by atomic mass is 10.2. The number of rotatable bonds is 6. The number of carbonyl (C=O) groups excluding carboxylic acids is 1. The summed E-state index contributed by atoms with van der Waals surface area (Å²) in [6, 6.07) is 7.50. The summed E-state index contributed by atoms with van der Waals surface area (Å²) < 4.78 is 10.2. The van der Waals surface area contributed by atoms with Gasteiger partial charge in [-0.25, -0.2) is 4.79 Å². The minimum Gasteiger partial charge on any atom is -0.444 e. The lowest BCUT2D eigenvalue weighted by Gasteiger charge is -2.19. The van der Waals surface area contributed by atoms with Crippen LogP contribution < -0.4 is 10.6 Å². The predicted molar refractivity (Wildman–Crippen MR) is 81.3 cm³/mol. The van der Waals surface area contributed by atoms with Gasteiger partial charge in [0, 0.05) is 31.6 Å². The lowest BCUT2D eigenvalue weighted by Crippen LogP contribution is -2.27. The monoisotopic (exact) mass is 280 g/mol. The maximum Gasteiger partial charge on any atom is 0.412 e. The van der Waals surface area contributed by atoms with E-state index in [1.165, 1.54) is 0 Å². The Labute approximate surface area is 120 Å². The van der Waals surface area contributed by atoms with Crippen LogP contribution in [0.4, 0.5) is 16.2 Å². The van der Waals surface area contributed by atoms with Crippen LogP contribution in [0, 0.1) is 0 Å². The SMILES string of the molecule is COCCCNc1ccc(NC(=O)OC(C)(C)C)cc1. The second-order valence-electron chi connectivity index (χ2n) is 5.48. The number of methoxy groups -OCH3 is 1. The molecule has 0 atom stereocenters. The van der Waals surface area contributed by atoms with Gasteiger partial charge in [0.05, 0.1) is 0 Å². The van der Waals surface area contributed by atoms with Crippen LogP contribution in [0.25, 0.3) is 0 Å². The summed E-state index contributed by atoms with van der Waals surface area (Å²) in [7, 11) is 1.69. The van der Waals surface area contributed by atoms with E-state index in [1.54, 1.807) is 7.11 Å². The third-order valence-corrected chi connectivity index (χ3v) is 2.38. The molecule has 0 aromatic heterocycles. The molecule has 0 fully saturated rings. The van der Waals surface area contributed by atoms with E-state index in [-0.39, 0.29) is 0 Å². The van der Waals surface area contributed by atoms with Crippen molar-refractivity contribution in [3.05, 3.63) is 24.3 Å². The number of ether oxygens (including phenoxy) is 2. The Morgan fingerprint density at radius 3 is 2.30 bits per heavy atom. The Kier molecular flexibility index (Phi) is 6.31. The fraction of sp³-hybridized carbons (Fsp3) is 0.533. The predicted octanol–water partition coefficient (Wildman–Crippen LogP) is 3.48. The quantitative estimate of drug-likeness (QED) is 0.783. The van der Waals surface area contributed by atoms with Crippen LogP contribution in [0.2, 0.25) is 0 Å². The zero-order valence-corrected chi connectivity index (χ0v) is 12.7. The summed E-state index contributed by atoms with van der Waals surface area (Å²) in [5.74, 6) is 0. The highest BCUT2D eigenvalue weighted by atomic mass is 16.6. The van der Waals surface area contributed by atoms with Crippen molar-refractivity contribution in [2.75, 3.05) is 30.9 Å². The molecular formula is C15H24N2O3. The number of anilines is 2. The van der Waals surface area contributed by atoms with E-state index in [2.05, 4.69) is 10.6 Å². The normalized spacial score (nSPS) is 11.0. The van der Waals surface area contributed by atoms with E-state index in [9.17, 15) is 4.79 Å². The minimum absolute atomic E-state index is 0.446.